The van der Waals surface area contributed by atoms with Crippen LogP contribution in [0.4, 0.5) is 10.1 Å². The Morgan fingerprint density at radius 2 is 1.92 bits per heavy atom. The number of halogens is 1. The molecule has 0 unspecified atom stereocenters. The number of nitrogens with zero attached hydrogens (tertiary/aromatic N) is 1. The molecule has 1 saturated heterocycles. The first-order chi connectivity index (χ1) is 12.6. The van der Waals surface area contributed by atoms with E-state index in [1.165, 1.54) is 24.3 Å². The number of aliphatic imine (C=N–C) groups is 1. The van der Waals surface area contributed by atoms with E-state index in [1.807, 2.05) is 31.2 Å². The normalized spacial score (nSPS) is 17.2. The summed E-state index contributed by atoms with van der Waals surface area (Å²) in [5.41, 5.74) is 2.33. The number of anilines is 1. The van der Waals surface area contributed by atoms with E-state index in [1.54, 1.807) is 0 Å². The van der Waals surface area contributed by atoms with Gasteiger partial charge in [-0.1, -0.05) is 17.7 Å². The zero-order chi connectivity index (χ0) is 18.4. The summed E-state index contributed by atoms with van der Waals surface area (Å²) < 4.78 is 18.6. The number of benzene rings is 2. The number of amides is 1. The first-order valence-electron chi connectivity index (χ1n) is 8.67. The van der Waals surface area contributed by atoms with Crippen molar-refractivity contribution in [2.24, 2.45) is 4.99 Å². The molecule has 0 aliphatic carbocycles. The molecule has 5 nitrogen and oxygen atoms in total. The highest BCUT2D eigenvalue weighted by Crippen LogP contribution is 2.13. The summed E-state index contributed by atoms with van der Waals surface area (Å²) in [6.45, 7) is 3.23. The van der Waals surface area contributed by atoms with E-state index >= 15 is 0 Å². The van der Waals surface area contributed by atoms with Crippen molar-refractivity contribution in [1.29, 1.82) is 0 Å². The minimum absolute atomic E-state index is 0.0764. The second kappa shape index (κ2) is 8.58. The number of carbonyl (C=O) groups is 1. The highest BCUT2D eigenvalue weighted by molar-refractivity contribution is 6.09. The summed E-state index contributed by atoms with van der Waals surface area (Å²) in [5.74, 6) is -0.388. The summed E-state index contributed by atoms with van der Waals surface area (Å²) in [6, 6.07) is 13.2. The lowest BCUT2D eigenvalue weighted by Gasteiger charge is -2.13. The van der Waals surface area contributed by atoms with Gasteiger partial charge in [0, 0.05) is 17.9 Å². The monoisotopic (exact) mass is 355 g/mol. The fourth-order valence-electron chi connectivity index (χ4n) is 2.65. The molecule has 26 heavy (non-hydrogen) atoms. The second-order valence-electron chi connectivity index (χ2n) is 6.28. The number of guanidine groups is 1. The van der Waals surface area contributed by atoms with Crippen LogP contribution in [-0.4, -0.2) is 31.1 Å². The SMILES string of the molecule is Cc1ccc(NC(=NC[C@H]2CCCO2)NC(=O)c2ccc(F)cc2)cc1. The van der Waals surface area contributed by atoms with Gasteiger partial charge in [0.15, 0.2) is 0 Å². The Labute approximate surface area is 152 Å². The van der Waals surface area contributed by atoms with E-state index in [9.17, 15) is 9.18 Å². The van der Waals surface area contributed by atoms with Crippen molar-refractivity contribution in [1.82, 2.24) is 5.32 Å². The van der Waals surface area contributed by atoms with Crippen LogP contribution >= 0.6 is 0 Å². The molecular formula is C20H22FN3O2. The number of rotatable bonds is 4. The molecule has 1 fully saturated rings. The number of hydrogen-bond donors (Lipinski definition) is 2. The molecule has 1 amide bonds. The maximum atomic E-state index is 13.0. The Bertz CT molecular complexity index is 767. The molecule has 2 aromatic carbocycles. The third-order valence-corrected chi connectivity index (χ3v) is 4.13. The molecular weight excluding hydrogens is 333 g/mol. The zero-order valence-corrected chi connectivity index (χ0v) is 14.7. The summed E-state index contributed by atoms with van der Waals surface area (Å²) >= 11 is 0. The van der Waals surface area contributed by atoms with Crippen LogP contribution in [0.15, 0.2) is 53.5 Å². The average molecular weight is 355 g/mol. The van der Waals surface area contributed by atoms with Gasteiger partial charge >= 0.3 is 0 Å². The molecule has 1 aliphatic rings. The van der Waals surface area contributed by atoms with Crippen LogP contribution in [0.1, 0.15) is 28.8 Å². The van der Waals surface area contributed by atoms with Crippen molar-refractivity contribution in [3.05, 3.63) is 65.5 Å². The molecule has 0 saturated carbocycles. The van der Waals surface area contributed by atoms with Gasteiger partial charge in [-0.05, 0) is 56.2 Å². The van der Waals surface area contributed by atoms with Gasteiger partial charge in [-0.2, -0.15) is 0 Å². The quantitative estimate of drug-likeness (QED) is 0.652. The smallest absolute Gasteiger partial charge is 0.257 e. The third kappa shape index (κ3) is 5.13. The predicted octanol–water partition coefficient (Wildman–Crippen LogP) is 3.51. The highest BCUT2D eigenvalue weighted by Gasteiger charge is 2.16. The Morgan fingerprint density at radius 3 is 2.58 bits per heavy atom. The predicted molar refractivity (Wildman–Crippen MR) is 99.9 cm³/mol. The standard InChI is InChI=1S/C20H22FN3O2/c1-14-4-10-17(11-5-14)23-20(22-13-18-3-2-12-26-18)24-19(25)15-6-8-16(21)9-7-15/h4-11,18H,2-3,12-13H2,1H3,(H2,22,23,24,25)/t18-/m1/s1. The molecule has 0 aromatic heterocycles. The molecule has 0 radical (unpaired) electrons. The van der Waals surface area contributed by atoms with Crippen LogP contribution in [0.3, 0.4) is 0 Å². The lowest BCUT2D eigenvalue weighted by Crippen LogP contribution is -2.36. The Kier molecular flexibility index (Phi) is 5.96. The Balaban J connectivity index is 1.72. The maximum Gasteiger partial charge on any atom is 0.257 e. The van der Waals surface area contributed by atoms with Crippen LogP contribution < -0.4 is 10.6 Å². The number of hydrogen-bond acceptors (Lipinski definition) is 3. The molecule has 0 bridgehead atoms. The van der Waals surface area contributed by atoms with Crippen LogP contribution in [0.25, 0.3) is 0 Å². The minimum Gasteiger partial charge on any atom is -0.376 e. The highest BCUT2D eigenvalue weighted by atomic mass is 19.1. The molecule has 1 heterocycles. The topological polar surface area (TPSA) is 62.7 Å². The molecule has 136 valence electrons. The Hall–Kier alpha value is -2.73. The van der Waals surface area contributed by atoms with E-state index in [0.29, 0.717) is 18.1 Å². The molecule has 6 heteroatoms. The zero-order valence-electron chi connectivity index (χ0n) is 14.7. The van der Waals surface area contributed by atoms with Crippen molar-refractivity contribution < 1.29 is 13.9 Å². The van der Waals surface area contributed by atoms with Gasteiger partial charge in [0.2, 0.25) is 5.96 Å². The van der Waals surface area contributed by atoms with Gasteiger partial charge in [0.1, 0.15) is 5.82 Å². The van der Waals surface area contributed by atoms with Gasteiger partial charge in [0.05, 0.1) is 12.6 Å². The summed E-state index contributed by atoms with van der Waals surface area (Å²) in [5, 5.41) is 5.89. The second-order valence-corrected chi connectivity index (χ2v) is 6.28. The summed E-state index contributed by atoms with van der Waals surface area (Å²) in [6.07, 6.45) is 2.07. The third-order valence-electron chi connectivity index (χ3n) is 4.13. The molecule has 2 N–H and O–H groups in total. The first-order valence-corrected chi connectivity index (χ1v) is 8.67. The van der Waals surface area contributed by atoms with Gasteiger partial charge in [0.25, 0.3) is 5.91 Å². The molecule has 2 aromatic rings. The van der Waals surface area contributed by atoms with Gasteiger partial charge in [-0.15, -0.1) is 0 Å². The molecule has 1 aliphatic heterocycles. The maximum absolute atomic E-state index is 13.0. The van der Waals surface area contributed by atoms with E-state index in [2.05, 4.69) is 15.6 Å². The van der Waals surface area contributed by atoms with Crippen LogP contribution in [0, 0.1) is 12.7 Å². The van der Waals surface area contributed by atoms with Crippen molar-refractivity contribution in [3.8, 4) is 0 Å². The van der Waals surface area contributed by atoms with Crippen molar-refractivity contribution in [2.45, 2.75) is 25.9 Å². The van der Waals surface area contributed by atoms with Gasteiger partial charge in [-0.3, -0.25) is 10.1 Å². The van der Waals surface area contributed by atoms with Crippen molar-refractivity contribution >= 4 is 17.6 Å². The number of carbonyl (C=O) groups excluding carboxylic acids is 1. The van der Waals surface area contributed by atoms with E-state index in [4.69, 9.17) is 4.74 Å². The number of ether oxygens (including phenoxy) is 1. The average Bonchev–Trinajstić information content (AvgIpc) is 3.15. The lowest BCUT2D eigenvalue weighted by atomic mass is 10.2. The summed E-state index contributed by atoms with van der Waals surface area (Å²) in [4.78, 5) is 16.9. The van der Waals surface area contributed by atoms with Crippen LogP contribution in [0.5, 0.6) is 0 Å². The fraction of sp³-hybridized carbons (Fsp3) is 0.300. The molecule has 3 rings (SSSR count). The Morgan fingerprint density at radius 1 is 1.19 bits per heavy atom. The van der Waals surface area contributed by atoms with Gasteiger partial charge < -0.3 is 10.1 Å². The van der Waals surface area contributed by atoms with E-state index in [-0.39, 0.29) is 17.8 Å². The molecule has 1 atom stereocenters. The minimum atomic E-state index is -0.383. The molecule has 0 spiro atoms. The van der Waals surface area contributed by atoms with Crippen LogP contribution in [-0.2, 0) is 4.74 Å². The number of aryl methyl sites for hydroxylation is 1. The largest absolute Gasteiger partial charge is 0.376 e. The van der Waals surface area contributed by atoms with Gasteiger partial charge in [-0.25, -0.2) is 9.38 Å². The lowest BCUT2D eigenvalue weighted by molar-refractivity contribution is 0.0975. The van der Waals surface area contributed by atoms with Crippen LogP contribution in [0.2, 0.25) is 0 Å². The number of nitrogens with one attached hydrogen (secondary N) is 2. The first kappa shape index (κ1) is 18.1. The summed E-state index contributed by atoms with van der Waals surface area (Å²) in [7, 11) is 0. The van der Waals surface area contributed by atoms with E-state index in [0.717, 1.165) is 30.7 Å². The van der Waals surface area contributed by atoms with Crippen molar-refractivity contribution in [3.63, 3.8) is 0 Å². The fourth-order valence-corrected chi connectivity index (χ4v) is 2.65. The van der Waals surface area contributed by atoms with Crippen molar-refractivity contribution in [2.75, 3.05) is 18.5 Å². The van der Waals surface area contributed by atoms with E-state index < -0.39 is 0 Å².